The topological polar surface area (TPSA) is 148 Å². The third kappa shape index (κ3) is 8.33. The van der Waals surface area contributed by atoms with Gasteiger partial charge in [0, 0.05) is 73.5 Å². The molecule has 3 aromatic carbocycles. The van der Waals surface area contributed by atoms with Crippen molar-refractivity contribution in [2.24, 2.45) is 17.8 Å². The number of nitrogens with one attached hydrogen (secondary N) is 3. The lowest BCUT2D eigenvalue weighted by atomic mass is 9.67. The molecular weight excluding hydrogens is 751 g/mol. The molecule has 4 bridgehead atoms. The summed E-state index contributed by atoms with van der Waals surface area (Å²) in [6.45, 7) is 0.0973. The van der Waals surface area contributed by atoms with E-state index in [1.807, 2.05) is 36.7 Å². The number of ether oxygens (including phenoxy) is 1. The molecular formula is C51H55N3O6. The third-order valence-electron chi connectivity index (χ3n) is 13.4. The molecule has 9 rings (SSSR count). The maximum absolute atomic E-state index is 15.3. The normalized spacial score (nSPS) is 22.2. The van der Waals surface area contributed by atoms with Crippen molar-refractivity contribution in [2.75, 3.05) is 18.5 Å². The molecule has 310 valence electrons. The van der Waals surface area contributed by atoms with E-state index in [1.54, 1.807) is 6.07 Å². The predicted molar refractivity (Wildman–Crippen MR) is 234 cm³/mol. The van der Waals surface area contributed by atoms with Crippen molar-refractivity contribution in [1.82, 2.24) is 9.97 Å². The van der Waals surface area contributed by atoms with Crippen LogP contribution >= 0.6 is 0 Å². The van der Waals surface area contributed by atoms with Crippen molar-refractivity contribution >= 4 is 29.5 Å². The minimum atomic E-state index is -0.993. The molecule has 0 amide bonds. The highest BCUT2D eigenvalue weighted by molar-refractivity contribution is 6.05. The van der Waals surface area contributed by atoms with Gasteiger partial charge in [-0.15, -0.1) is 0 Å². The summed E-state index contributed by atoms with van der Waals surface area (Å²) in [4.78, 5) is 36.7. The Labute approximate surface area is 351 Å². The molecule has 0 saturated heterocycles. The van der Waals surface area contributed by atoms with Crippen LogP contribution < -0.4 is 10.1 Å². The summed E-state index contributed by atoms with van der Waals surface area (Å²) in [5, 5.41) is 36.3. The van der Waals surface area contributed by atoms with Crippen LogP contribution in [0.5, 0.6) is 17.2 Å². The first-order chi connectivity index (χ1) is 29.3. The van der Waals surface area contributed by atoms with Gasteiger partial charge in [-0.2, -0.15) is 0 Å². The molecule has 6 N–H and O–H groups in total. The number of carbonyl (C=O) groups excluding carboxylic acids is 2. The molecule has 9 heteroatoms. The van der Waals surface area contributed by atoms with Crippen molar-refractivity contribution in [3.8, 4) is 17.2 Å². The number of phenols is 2. The molecule has 1 aliphatic heterocycles. The standard InChI is InChI=1S/C51H55N3O6/c55-22-19-42-46(57)16-13-34-26-37(49(58)47(28-34)60-39-8-1-2-9-39)25-33-6-3-5-32(23-33)24-36-17-20-53-51(36)54-30-38-29-44-41(18-21-52-44)43(48(38)50(42)59)27-31-11-14-35-7-4-10-45(56)40(35)15-12-31/h3-7,10,12,15,17-18,20-21,23,26,28-29,31,39,42-43,48,52-56,58H,1-2,8-9,11,13-14,16,19,22,24-25,27,30H2. The van der Waals surface area contributed by atoms with E-state index >= 15 is 4.79 Å². The summed E-state index contributed by atoms with van der Waals surface area (Å²) in [7, 11) is 0. The average Bonchev–Trinajstić information content (AvgIpc) is 4.01. The molecule has 2 aromatic heterocycles. The van der Waals surface area contributed by atoms with Crippen LogP contribution in [0.2, 0.25) is 0 Å². The van der Waals surface area contributed by atoms with Crippen LogP contribution in [-0.4, -0.2) is 56.1 Å². The molecule has 3 heterocycles. The Kier molecular flexibility index (Phi) is 11.5. The maximum Gasteiger partial charge on any atom is 0.161 e. The van der Waals surface area contributed by atoms with Gasteiger partial charge in [0.25, 0.3) is 0 Å². The number of aliphatic hydroxyl groups is 1. The number of aryl methyl sites for hydroxylation is 2. The van der Waals surface area contributed by atoms with Crippen LogP contribution in [0.4, 0.5) is 5.82 Å². The van der Waals surface area contributed by atoms with Crippen LogP contribution in [0.15, 0.2) is 90.8 Å². The molecule has 4 unspecified atom stereocenters. The first kappa shape index (κ1) is 39.6. The molecule has 1 fully saturated rings. The van der Waals surface area contributed by atoms with Gasteiger partial charge in [-0.05, 0) is 133 Å². The van der Waals surface area contributed by atoms with Gasteiger partial charge < -0.3 is 35.3 Å². The number of aromatic amines is 2. The number of Topliss-reactive ketones (excluding diaryl/α,β-unsaturated/α-hetero) is 2. The van der Waals surface area contributed by atoms with Crippen LogP contribution in [0, 0.1) is 17.8 Å². The lowest BCUT2D eigenvalue weighted by Gasteiger charge is -2.36. The van der Waals surface area contributed by atoms with Crippen LogP contribution in [-0.2, 0) is 35.3 Å². The maximum atomic E-state index is 15.3. The number of hydrogen-bond donors (Lipinski definition) is 6. The van der Waals surface area contributed by atoms with E-state index in [0.717, 1.165) is 100 Å². The quantitative estimate of drug-likeness (QED) is 0.0938. The van der Waals surface area contributed by atoms with E-state index in [9.17, 15) is 20.1 Å². The fourth-order valence-corrected chi connectivity index (χ4v) is 10.3. The Morgan fingerprint density at radius 2 is 1.58 bits per heavy atom. The number of H-pyrrole nitrogens is 2. The second kappa shape index (κ2) is 17.4. The van der Waals surface area contributed by atoms with Crippen molar-refractivity contribution in [1.29, 1.82) is 0 Å². The number of aromatic nitrogens is 2. The van der Waals surface area contributed by atoms with Gasteiger partial charge in [0.2, 0.25) is 0 Å². The first-order valence-electron chi connectivity index (χ1n) is 21.8. The lowest BCUT2D eigenvalue weighted by molar-refractivity contribution is -0.135. The molecule has 4 atom stereocenters. The number of anilines is 1. The zero-order chi connectivity index (χ0) is 41.2. The van der Waals surface area contributed by atoms with Gasteiger partial charge in [-0.1, -0.05) is 54.6 Å². The number of hydrogen-bond acceptors (Lipinski definition) is 7. The largest absolute Gasteiger partial charge is 0.507 e. The fraction of sp³-hybridized carbons (Fsp3) is 0.373. The molecule has 60 heavy (non-hydrogen) atoms. The first-order valence-corrected chi connectivity index (χ1v) is 21.8. The van der Waals surface area contributed by atoms with E-state index in [-0.39, 0.29) is 60.5 Å². The van der Waals surface area contributed by atoms with Gasteiger partial charge >= 0.3 is 0 Å². The predicted octanol–water partition coefficient (Wildman–Crippen LogP) is 9.21. The zero-order valence-electron chi connectivity index (χ0n) is 34.1. The summed E-state index contributed by atoms with van der Waals surface area (Å²) in [6, 6.07) is 22.1. The number of aromatic hydroxyl groups is 2. The highest BCUT2D eigenvalue weighted by Crippen LogP contribution is 2.46. The number of aliphatic hydroxyl groups excluding tert-OH is 1. The van der Waals surface area contributed by atoms with Crippen molar-refractivity contribution in [3.05, 3.63) is 141 Å². The number of phenolic OH excluding ortho intramolecular Hbond substituents is 2. The lowest BCUT2D eigenvalue weighted by Crippen LogP contribution is -2.38. The van der Waals surface area contributed by atoms with Gasteiger partial charge in [0.1, 0.15) is 17.4 Å². The van der Waals surface area contributed by atoms with Gasteiger partial charge in [0.15, 0.2) is 17.3 Å². The molecule has 4 aliphatic rings. The molecule has 1 saturated carbocycles. The number of carbonyl (C=O) groups is 2. The summed E-state index contributed by atoms with van der Waals surface area (Å²) in [5.41, 5.74) is 9.75. The minimum Gasteiger partial charge on any atom is -0.507 e. The van der Waals surface area contributed by atoms with Crippen molar-refractivity contribution in [3.63, 3.8) is 0 Å². The van der Waals surface area contributed by atoms with Gasteiger partial charge in [-0.3, -0.25) is 9.59 Å². The zero-order valence-corrected chi connectivity index (χ0v) is 34.1. The van der Waals surface area contributed by atoms with E-state index in [0.29, 0.717) is 38.0 Å². The fourth-order valence-electron chi connectivity index (χ4n) is 10.3. The van der Waals surface area contributed by atoms with Crippen LogP contribution in [0.3, 0.4) is 0 Å². The Morgan fingerprint density at radius 3 is 2.42 bits per heavy atom. The Bertz CT molecular complexity index is 2430. The average molecular weight is 806 g/mol. The van der Waals surface area contributed by atoms with E-state index in [4.69, 9.17) is 4.74 Å². The summed E-state index contributed by atoms with van der Waals surface area (Å²) >= 11 is 0. The highest BCUT2D eigenvalue weighted by Gasteiger charge is 2.42. The van der Waals surface area contributed by atoms with Gasteiger partial charge in [0.05, 0.1) is 12.0 Å². The smallest absolute Gasteiger partial charge is 0.161 e. The van der Waals surface area contributed by atoms with Gasteiger partial charge in [-0.25, -0.2) is 0 Å². The molecule has 3 aliphatic carbocycles. The van der Waals surface area contributed by atoms with Crippen LogP contribution in [0.1, 0.15) is 107 Å². The summed E-state index contributed by atoms with van der Waals surface area (Å²) in [6.07, 6.45) is 18.3. The number of benzene rings is 3. The van der Waals surface area contributed by atoms with Crippen LogP contribution in [0.25, 0.3) is 12.2 Å². The molecule has 5 aromatic rings. The Morgan fingerprint density at radius 1 is 0.783 bits per heavy atom. The van der Waals surface area contributed by atoms with E-state index < -0.39 is 11.8 Å². The van der Waals surface area contributed by atoms with Crippen molar-refractivity contribution < 1.29 is 29.6 Å². The number of fused-ring (bicyclic) bond motifs is 8. The Hall–Kier alpha value is -5.80. The Balaban J connectivity index is 1.10. The summed E-state index contributed by atoms with van der Waals surface area (Å²) in [5.74, 6) is -0.352. The SMILES string of the molecule is O=C1CCc2cc(c(O)c(OC3CCCC3)c2)Cc2cccc(c2)Cc2cc[nH]c2NCC2=Cc3[nH]ccc3C(CC3C=Cc4c(O)cccc4CC3)C2C(=O)C1CCO. The number of ketones is 2. The van der Waals surface area contributed by atoms with Crippen molar-refractivity contribution in [2.45, 2.75) is 89.1 Å². The number of rotatable bonds is 6. The van der Waals surface area contributed by atoms with E-state index in [2.05, 4.69) is 69.9 Å². The molecule has 0 spiro atoms. The minimum absolute atomic E-state index is 0.0383. The molecule has 9 nitrogen and oxygen atoms in total. The highest BCUT2D eigenvalue weighted by atomic mass is 16.5. The second-order valence-electron chi connectivity index (χ2n) is 17.4. The second-order valence-corrected chi connectivity index (χ2v) is 17.4. The van der Waals surface area contributed by atoms with E-state index in [1.165, 1.54) is 0 Å². The number of allylic oxidation sites excluding steroid dienone is 1. The monoisotopic (exact) mass is 805 g/mol. The summed E-state index contributed by atoms with van der Waals surface area (Å²) < 4.78 is 6.43. The third-order valence-corrected chi connectivity index (χ3v) is 13.4. The molecule has 0 radical (unpaired) electrons.